The van der Waals surface area contributed by atoms with Gasteiger partial charge in [0.1, 0.15) is 11.5 Å². The summed E-state index contributed by atoms with van der Waals surface area (Å²) < 4.78 is 5.22. The van der Waals surface area contributed by atoms with E-state index in [0.717, 1.165) is 11.1 Å². The number of rotatable bonds is 3. The van der Waals surface area contributed by atoms with Gasteiger partial charge in [-0.15, -0.1) is 0 Å². The van der Waals surface area contributed by atoms with Crippen LogP contribution in [-0.4, -0.2) is 18.1 Å². The van der Waals surface area contributed by atoms with Crippen molar-refractivity contribution in [2.24, 2.45) is 5.73 Å². The van der Waals surface area contributed by atoms with E-state index in [4.69, 9.17) is 10.5 Å². The van der Waals surface area contributed by atoms with Crippen molar-refractivity contribution in [3.63, 3.8) is 0 Å². The standard InChI is InChI=1S/C12H15NO3/c1-7-6-10(14)9(4-5-11(13)15)8(2)12(7)16-3/h4-6,14H,1-3H3,(H2,13,15)/b5-4+. The number of primary amides is 1. The molecule has 0 radical (unpaired) electrons. The molecule has 0 aliphatic heterocycles. The van der Waals surface area contributed by atoms with Gasteiger partial charge in [-0.2, -0.15) is 0 Å². The minimum Gasteiger partial charge on any atom is -0.507 e. The highest BCUT2D eigenvalue weighted by atomic mass is 16.5. The lowest BCUT2D eigenvalue weighted by Gasteiger charge is -2.12. The molecule has 1 aromatic carbocycles. The second kappa shape index (κ2) is 4.70. The number of aryl methyl sites for hydroxylation is 1. The molecular formula is C12H15NO3. The Morgan fingerprint density at radius 3 is 2.62 bits per heavy atom. The van der Waals surface area contributed by atoms with Crippen molar-refractivity contribution in [3.8, 4) is 11.5 Å². The summed E-state index contributed by atoms with van der Waals surface area (Å²) in [5.41, 5.74) is 7.16. The van der Waals surface area contributed by atoms with Gasteiger partial charge >= 0.3 is 0 Å². The highest BCUT2D eigenvalue weighted by molar-refractivity contribution is 5.91. The minimum atomic E-state index is -0.557. The van der Waals surface area contributed by atoms with Crippen LogP contribution in [0.2, 0.25) is 0 Å². The first-order valence-electron chi connectivity index (χ1n) is 4.82. The van der Waals surface area contributed by atoms with Crippen LogP contribution in [0.5, 0.6) is 11.5 Å². The van der Waals surface area contributed by atoms with E-state index in [-0.39, 0.29) is 5.75 Å². The monoisotopic (exact) mass is 221 g/mol. The molecule has 0 aliphatic rings. The van der Waals surface area contributed by atoms with E-state index in [9.17, 15) is 9.90 Å². The van der Waals surface area contributed by atoms with Crippen molar-refractivity contribution in [2.45, 2.75) is 13.8 Å². The van der Waals surface area contributed by atoms with Gasteiger partial charge in [0.2, 0.25) is 5.91 Å². The number of aromatic hydroxyl groups is 1. The zero-order chi connectivity index (χ0) is 12.3. The second-order valence-corrected chi connectivity index (χ2v) is 3.52. The SMILES string of the molecule is COc1c(C)cc(O)c(/C=C/C(N)=O)c1C. The van der Waals surface area contributed by atoms with Crippen LogP contribution in [0, 0.1) is 13.8 Å². The Morgan fingerprint density at radius 2 is 2.12 bits per heavy atom. The molecule has 16 heavy (non-hydrogen) atoms. The van der Waals surface area contributed by atoms with Crippen LogP contribution >= 0.6 is 0 Å². The Hall–Kier alpha value is -1.97. The third-order valence-electron chi connectivity index (χ3n) is 2.35. The predicted molar refractivity (Wildman–Crippen MR) is 62.4 cm³/mol. The van der Waals surface area contributed by atoms with Crippen LogP contribution in [0.1, 0.15) is 16.7 Å². The van der Waals surface area contributed by atoms with Crippen molar-refractivity contribution in [3.05, 3.63) is 28.8 Å². The Kier molecular flexibility index (Phi) is 3.55. The molecule has 0 aromatic heterocycles. The molecule has 0 spiro atoms. The number of phenols is 1. The zero-order valence-electron chi connectivity index (χ0n) is 9.57. The van der Waals surface area contributed by atoms with Gasteiger partial charge in [0, 0.05) is 17.2 Å². The summed E-state index contributed by atoms with van der Waals surface area (Å²) in [4.78, 5) is 10.6. The maximum Gasteiger partial charge on any atom is 0.241 e. The molecule has 86 valence electrons. The van der Waals surface area contributed by atoms with E-state index in [2.05, 4.69) is 0 Å². The highest BCUT2D eigenvalue weighted by Crippen LogP contribution is 2.33. The quantitative estimate of drug-likeness (QED) is 0.760. The molecule has 0 saturated heterocycles. The van der Waals surface area contributed by atoms with Crippen molar-refractivity contribution in [1.29, 1.82) is 0 Å². The second-order valence-electron chi connectivity index (χ2n) is 3.52. The highest BCUT2D eigenvalue weighted by Gasteiger charge is 2.11. The van der Waals surface area contributed by atoms with Gasteiger partial charge in [-0.25, -0.2) is 0 Å². The number of hydrogen-bond donors (Lipinski definition) is 2. The number of methoxy groups -OCH3 is 1. The predicted octanol–water partition coefficient (Wildman–Crippen LogP) is 1.52. The van der Waals surface area contributed by atoms with Gasteiger partial charge in [0.25, 0.3) is 0 Å². The Morgan fingerprint density at radius 1 is 1.50 bits per heavy atom. The van der Waals surface area contributed by atoms with Crippen LogP contribution in [0.3, 0.4) is 0 Å². The summed E-state index contributed by atoms with van der Waals surface area (Å²) in [6, 6.07) is 1.59. The Bertz CT molecular complexity index is 450. The smallest absolute Gasteiger partial charge is 0.241 e. The summed E-state index contributed by atoms with van der Waals surface area (Å²) >= 11 is 0. The largest absolute Gasteiger partial charge is 0.507 e. The fourth-order valence-electron chi connectivity index (χ4n) is 1.65. The van der Waals surface area contributed by atoms with Crippen LogP contribution < -0.4 is 10.5 Å². The van der Waals surface area contributed by atoms with E-state index < -0.39 is 5.91 Å². The summed E-state index contributed by atoms with van der Waals surface area (Å²) in [6.45, 7) is 3.65. The third-order valence-corrected chi connectivity index (χ3v) is 2.35. The number of benzene rings is 1. The molecular weight excluding hydrogens is 206 g/mol. The van der Waals surface area contributed by atoms with Crippen molar-refractivity contribution in [2.75, 3.05) is 7.11 Å². The van der Waals surface area contributed by atoms with Gasteiger partial charge in [-0.05, 0) is 31.6 Å². The molecule has 1 rings (SSSR count). The Labute approximate surface area is 94.3 Å². The molecule has 0 bridgehead atoms. The first-order valence-corrected chi connectivity index (χ1v) is 4.82. The van der Waals surface area contributed by atoms with Crippen LogP contribution in [0.15, 0.2) is 12.1 Å². The number of amides is 1. The number of phenolic OH excluding ortho intramolecular Hbond substituents is 1. The normalized spacial score (nSPS) is 10.7. The first kappa shape index (κ1) is 12.1. The molecule has 4 nitrogen and oxygen atoms in total. The van der Waals surface area contributed by atoms with Crippen LogP contribution in [-0.2, 0) is 4.79 Å². The average molecular weight is 221 g/mol. The number of carbonyl (C=O) groups excluding carboxylic acids is 1. The minimum absolute atomic E-state index is 0.105. The Balaban J connectivity index is 3.33. The molecule has 0 atom stereocenters. The molecule has 0 fully saturated rings. The molecule has 0 aliphatic carbocycles. The molecule has 1 aromatic rings. The lowest BCUT2D eigenvalue weighted by atomic mass is 10.0. The number of nitrogens with two attached hydrogens (primary N) is 1. The lowest BCUT2D eigenvalue weighted by Crippen LogP contribution is -2.05. The first-order chi connectivity index (χ1) is 7.47. The van der Waals surface area contributed by atoms with Gasteiger partial charge in [0.05, 0.1) is 7.11 Å². The number of hydrogen-bond acceptors (Lipinski definition) is 3. The molecule has 0 unspecified atom stereocenters. The van der Waals surface area contributed by atoms with Crippen molar-refractivity contribution in [1.82, 2.24) is 0 Å². The zero-order valence-corrected chi connectivity index (χ0v) is 9.57. The van der Waals surface area contributed by atoms with E-state index in [1.807, 2.05) is 13.8 Å². The lowest BCUT2D eigenvalue weighted by molar-refractivity contribution is -0.113. The number of carbonyl (C=O) groups is 1. The van der Waals surface area contributed by atoms with Gasteiger partial charge in [0.15, 0.2) is 0 Å². The average Bonchev–Trinajstić information content (AvgIpc) is 2.16. The fourth-order valence-corrected chi connectivity index (χ4v) is 1.65. The van der Waals surface area contributed by atoms with Crippen molar-refractivity contribution < 1.29 is 14.6 Å². The van der Waals surface area contributed by atoms with Crippen LogP contribution in [0.25, 0.3) is 6.08 Å². The van der Waals surface area contributed by atoms with E-state index >= 15 is 0 Å². The summed E-state index contributed by atoms with van der Waals surface area (Å²) in [5, 5.41) is 9.75. The van der Waals surface area contributed by atoms with Gasteiger partial charge in [-0.3, -0.25) is 4.79 Å². The maximum absolute atomic E-state index is 10.6. The summed E-state index contributed by atoms with van der Waals surface area (Å²) in [5.74, 6) is 0.244. The summed E-state index contributed by atoms with van der Waals surface area (Å²) in [7, 11) is 1.56. The van der Waals surface area contributed by atoms with Gasteiger partial charge < -0.3 is 15.6 Å². The molecule has 4 heteroatoms. The topological polar surface area (TPSA) is 72.6 Å². The van der Waals surface area contributed by atoms with Crippen LogP contribution in [0.4, 0.5) is 0 Å². The molecule has 0 heterocycles. The van der Waals surface area contributed by atoms with E-state index in [0.29, 0.717) is 11.3 Å². The van der Waals surface area contributed by atoms with E-state index in [1.165, 1.54) is 12.2 Å². The molecule has 0 saturated carbocycles. The number of ether oxygens (including phenoxy) is 1. The maximum atomic E-state index is 10.6. The molecule has 1 amide bonds. The third kappa shape index (κ3) is 2.34. The van der Waals surface area contributed by atoms with Gasteiger partial charge in [-0.1, -0.05) is 0 Å². The fraction of sp³-hybridized carbons (Fsp3) is 0.250. The molecule has 3 N–H and O–H groups in total. The van der Waals surface area contributed by atoms with Crippen molar-refractivity contribution >= 4 is 12.0 Å². The summed E-state index contributed by atoms with van der Waals surface area (Å²) in [6.07, 6.45) is 2.69. The van der Waals surface area contributed by atoms with E-state index in [1.54, 1.807) is 13.2 Å².